The average molecular weight is 317 g/mol. The molecule has 1 heterocycles. The van der Waals surface area contributed by atoms with Crippen LogP contribution in [0.2, 0.25) is 18.1 Å². The molecule has 22 heavy (non-hydrogen) atoms. The summed E-state index contributed by atoms with van der Waals surface area (Å²) in [5, 5.41) is 4.92. The monoisotopic (exact) mass is 316 g/mol. The molecule has 0 saturated carbocycles. The normalized spacial score (nSPS) is 12.6. The summed E-state index contributed by atoms with van der Waals surface area (Å²) in [6.45, 7) is 12.3. The lowest BCUT2D eigenvalue weighted by Crippen LogP contribution is -2.41. The Balaban J connectivity index is 1.83. The van der Waals surface area contributed by atoms with Crippen molar-refractivity contribution in [2.75, 3.05) is 6.61 Å². The summed E-state index contributed by atoms with van der Waals surface area (Å²) in [4.78, 5) is 0. The molecular weight excluding hydrogens is 288 g/mol. The van der Waals surface area contributed by atoms with Crippen molar-refractivity contribution < 1.29 is 4.43 Å². The Labute approximate surface area is 135 Å². The number of hydrogen-bond donors (Lipinski definition) is 0. The van der Waals surface area contributed by atoms with Gasteiger partial charge in [0.2, 0.25) is 0 Å². The second-order valence-corrected chi connectivity index (χ2v) is 12.1. The van der Waals surface area contributed by atoms with Crippen molar-refractivity contribution in [3.05, 3.63) is 48.3 Å². The Morgan fingerprint density at radius 1 is 1.09 bits per heavy atom. The molecule has 0 amide bonds. The fraction of sp³-hybridized carbons (Fsp3) is 0.500. The van der Waals surface area contributed by atoms with Crippen molar-refractivity contribution in [3.63, 3.8) is 0 Å². The van der Waals surface area contributed by atoms with E-state index in [2.05, 4.69) is 57.2 Å². The molecule has 120 valence electrons. The third kappa shape index (κ3) is 4.30. The van der Waals surface area contributed by atoms with Gasteiger partial charge < -0.3 is 4.43 Å². The van der Waals surface area contributed by atoms with Crippen LogP contribution < -0.4 is 0 Å². The standard InChI is InChI=1S/C18H28N2OSi/c1-18(2,3)22(4,5)21-15-9-10-16-13-14-20(19-16)17-11-7-6-8-12-17/h6-8,11-14H,9-10,15H2,1-5H3. The summed E-state index contributed by atoms with van der Waals surface area (Å²) in [7, 11) is -1.62. The first-order chi connectivity index (χ1) is 10.3. The Morgan fingerprint density at radius 2 is 1.77 bits per heavy atom. The maximum Gasteiger partial charge on any atom is 0.191 e. The van der Waals surface area contributed by atoms with Crippen LogP contribution in [0, 0.1) is 0 Å². The van der Waals surface area contributed by atoms with Gasteiger partial charge in [0, 0.05) is 12.8 Å². The molecule has 0 aliphatic rings. The molecule has 0 bridgehead atoms. The molecule has 0 unspecified atom stereocenters. The third-order valence-corrected chi connectivity index (χ3v) is 9.05. The smallest absolute Gasteiger partial charge is 0.191 e. The first-order valence-corrected chi connectivity index (χ1v) is 10.9. The lowest BCUT2D eigenvalue weighted by atomic mass is 10.2. The molecule has 0 spiro atoms. The largest absolute Gasteiger partial charge is 0.417 e. The number of benzene rings is 1. The third-order valence-electron chi connectivity index (χ3n) is 4.51. The van der Waals surface area contributed by atoms with E-state index < -0.39 is 8.32 Å². The van der Waals surface area contributed by atoms with Crippen molar-refractivity contribution in [2.24, 2.45) is 0 Å². The second kappa shape index (κ2) is 6.80. The maximum absolute atomic E-state index is 6.21. The van der Waals surface area contributed by atoms with Crippen molar-refractivity contribution in [1.82, 2.24) is 9.78 Å². The minimum absolute atomic E-state index is 0.280. The van der Waals surface area contributed by atoms with E-state index in [0.717, 1.165) is 30.8 Å². The molecule has 0 fully saturated rings. The van der Waals surface area contributed by atoms with E-state index >= 15 is 0 Å². The highest BCUT2D eigenvalue weighted by molar-refractivity contribution is 6.74. The van der Waals surface area contributed by atoms with Gasteiger partial charge in [-0.1, -0.05) is 39.0 Å². The number of hydrogen-bond acceptors (Lipinski definition) is 2. The van der Waals surface area contributed by atoms with Gasteiger partial charge in [-0.05, 0) is 49.2 Å². The van der Waals surface area contributed by atoms with Gasteiger partial charge in [-0.15, -0.1) is 0 Å². The Hall–Kier alpha value is -1.39. The molecule has 2 rings (SSSR count). The van der Waals surface area contributed by atoms with Crippen LogP contribution in [0.4, 0.5) is 0 Å². The summed E-state index contributed by atoms with van der Waals surface area (Å²) in [5.74, 6) is 0. The Kier molecular flexibility index (Phi) is 5.24. The fourth-order valence-corrected chi connectivity index (χ4v) is 3.10. The zero-order chi connectivity index (χ0) is 16.2. The predicted octanol–water partition coefficient (Wildman–Crippen LogP) is 4.83. The number of nitrogens with zero attached hydrogens (tertiary/aromatic N) is 2. The molecule has 2 aromatic rings. The molecule has 0 radical (unpaired) electrons. The first-order valence-electron chi connectivity index (χ1n) is 8.03. The van der Waals surface area contributed by atoms with E-state index in [1.807, 2.05) is 29.1 Å². The number of para-hydroxylation sites is 1. The van der Waals surface area contributed by atoms with Crippen LogP contribution in [-0.4, -0.2) is 24.7 Å². The van der Waals surface area contributed by atoms with Gasteiger partial charge >= 0.3 is 0 Å². The Morgan fingerprint density at radius 3 is 2.41 bits per heavy atom. The minimum Gasteiger partial charge on any atom is -0.417 e. The van der Waals surface area contributed by atoms with Gasteiger partial charge in [-0.25, -0.2) is 4.68 Å². The molecule has 3 nitrogen and oxygen atoms in total. The van der Waals surface area contributed by atoms with Crippen LogP contribution in [-0.2, 0) is 10.8 Å². The first kappa shape index (κ1) is 17.0. The highest BCUT2D eigenvalue weighted by Crippen LogP contribution is 2.36. The van der Waals surface area contributed by atoms with Gasteiger partial charge in [0.25, 0.3) is 0 Å². The summed E-state index contributed by atoms with van der Waals surface area (Å²) < 4.78 is 8.15. The number of rotatable bonds is 6. The molecule has 0 aliphatic carbocycles. The zero-order valence-electron chi connectivity index (χ0n) is 14.5. The molecule has 0 saturated heterocycles. The highest BCUT2D eigenvalue weighted by Gasteiger charge is 2.36. The van der Waals surface area contributed by atoms with Crippen LogP contribution in [0.5, 0.6) is 0 Å². The molecule has 4 heteroatoms. The van der Waals surface area contributed by atoms with E-state index in [0.29, 0.717) is 0 Å². The Bertz CT molecular complexity index is 585. The zero-order valence-corrected chi connectivity index (χ0v) is 15.5. The van der Waals surface area contributed by atoms with Gasteiger partial charge in [0.15, 0.2) is 8.32 Å². The lowest BCUT2D eigenvalue weighted by Gasteiger charge is -2.36. The van der Waals surface area contributed by atoms with Gasteiger partial charge in [0.05, 0.1) is 11.4 Å². The summed E-state index contributed by atoms with van der Waals surface area (Å²) in [6, 6.07) is 12.3. The topological polar surface area (TPSA) is 27.1 Å². The van der Waals surface area contributed by atoms with Crippen molar-refractivity contribution in [2.45, 2.75) is 51.7 Å². The number of aromatic nitrogens is 2. The van der Waals surface area contributed by atoms with Crippen molar-refractivity contribution in [3.8, 4) is 5.69 Å². The molecule has 0 N–H and O–H groups in total. The van der Waals surface area contributed by atoms with E-state index in [9.17, 15) is 0 Å². The van der Waals surface area contributed by atoms with E-state index in [4.69, 9.17) is 4.43 Å². The lowest BCUT2D eigenvalue weighted by molar-refractivity contribution is 0.282. The molecule has 0 atom stereocenters. The molecular formula is C18H28N2OSi. The van der Waals surface area contributed by atoms with Crippen molar-refractivity contribution in [1.29, 1.82) is 0 Å². The minimum atomic E-state index is -1.62. The second-order valence-electron chi connectivity index (χ2n) is 7.30. The summed E-state index contributed by atoms with van der Waals surface area (Å²) in [5.41, 5.74) is 2.23. The molecule has 0 aliphatic heterocycles. The summed E-state index contributed by atoms with van der Waals surface area (Å²) >= 11 is 0. The van der Waals surface area contributed by atoms with Gasteiger partial charge in [-0.3, -0.25) is 0 Å². The van der Waals surface area contributed by atoms with Gasteiger partial charge in [0.1, 0.15) is 0 Å². The number of aryl methyl sites for hydroxylation is 1. The van der Waals surface area contributed by atoms with Crippen LogP contribution >= 0.6 is 0 Å². The molecule has 1 aromatic carbocycles. The maximum atomic E-state index is 6.21. The SMILES string of the molecule is CC(C)(C)[Si](C)(C)OCCCc1ccn(-c2ccccc2)n1. The fourth-order valence-electron chi connectivity index (χ4n) is 2.02. The van der Waals surface area contributed by atoms with E-state index in [1.54, 1.807) is 0 Å². The van der Waals surface area contributed by atoms with Gasteiger partial charge in [-0.2, -0.15) is 5.10 Å². The van der Waals surface area contributed by atoms with Crippen LogP contribution in [0.1, 0.15) is 32.9 Å². The molecule has 1 aromatic heterocycles. The summed E-state index contributed by atoms with van der Waals surface area (Å²) in [6.07, 6.45) is 4.02. The van der Waals surface area contributed by atoms with Crippen molar-refractivity contribution >= 4 is 8.32 Å². The highest BCUT2D eigenvalue weighted by atomic mass is 28.4. The predicted molar refractivity (Wildman–Crippen MR) is 95.0 cm³/mol. The van der Waals surface area contributed by atoms with Crippen LogP contribution in [0.25, 0.3) is 5.69 Å². The van der Waals surface area contributed by atoms with Crippen LogP contribution in [0.15, 0.2) is 42.6 Å². The van der Waals surface area contributed by atoms with E-state index in [1.165, 1.54) is 0 Å². The van der Waals surface area contributed by atoms with E-state index in [-0.39, 0.29) is 5.04 Å². The van der Waals surface area contributed by atoms with Crippen LogP contribution in [0.3, 0.4) is 0 Å². The quantitative estimate of drug-likeness (QED) is 0.564. The average Bonchev–Trinajstić information content (AvgIpc) is 2.92.